The Morgan fingerprint density at radius 2 is 1.59 bits per heavy atom. The van der Waals surface area contributed by atoms with Gasteiger partial charge >= 0.3 is 0 Å². The van der Waals surface area contributed by atoms with Gasteiger partial charge in [-0.3, -0.25) is 4.79 Å². The summed E-state index contributed by atoms with van der Waals surface area (Å²) in [6.45, 7) is 13.4. The van der Waals surface area contributed by atoms with Gasteiger partial charge in [0.25, 0.3) is 0 Å². The molecule has 4 aliphatic carbocycles. The molecule has 4 heteroatoms. The molecule has 3 saturated carbocycles. The third kappa shape index (κ3) is 2.40. The van der Waals surface area contributed by atoms with Gasteiger partial charge in [-0.2, -0.15) is 0 Å². The van der Waals surface area contributed by atoms with Crippen LogP contribution >= 0.6 is 0 Å². The molecular weight excluding hydrogens is 400 g/mol. The average Bonchev–Trinajstić information content (AvgIpc) is 2.75. The number of Topliss-reactive ketones (excluding diaryl/α,β-unsaturated/α-hetero) is 1. The minimum atomic E-state index is -0.847. The summed E-state index contributed by atoms with van der Waals surface area (Å²) < 4.78 is 0. The molecule has 0 spiro atoms. The number of carbonyl (C=O) groups excluding carboxylic acids is 1. The normalized spacial score (nSPS) is 47.8. The second-order valence-electron chi connectivity index (χ2n) is 12.7. The fourth-order valence-electron chi connectivity index (χ4n) is 9.37. The van der Waals surface area contributed by atoms with E-state index < -0.39 is 6.10 Å². The first-order valence-electron chi connectivity index (χ1n) is 12.6. The van der Waals surface area contributed by atoms with Gasteiger partial charge < -0.3 is 15.3 Å². The van der Waals surface area contributed by atoms with Crippen LogP contribution in [0.25, 0.3) is 0 Å². The summed E-state index contributed by atoms with van der Waals surface area (Å²) in [7, 11) is 0. The lowest BCUT2D eigenvalue weighted by Gasteiger charge is -2.71. The lowest BCUT2D eigenvalue weighted by atomic mass is 9.33. The molecule has 0 saturated heterocycles. The Morgan fingerprint density at radius 3 is 2.28 bits per heavy atom. The molecule has 0 radical (unpaired) electrons. The van der Waals surface area contributed by atoms with E-state index in [-0.39, 0.29) is 44.9 Å². The summed E-state index contributed by atoms with van der Waals surface area (Å²) >= 11 is 0. The quantitative estimate of drug-likeness (QED) is 0.471. The monoisotopic (exact) mass is 440 g/mol. The van der Waals surface area contributed by atoms with E-state index >= 15 is 0 Å². The van der Waals surface area contributed by atoms with Gasteiger partial charge in [0, 0.05) is 11.3 Å². The first kappa shape index (κ1) is 22.3. The molecule has 0 bridgehead atoms. The standard InChI is InChI=1S/C28H40O4/c1-15-13-21-26(4,24(32)22(15)30)10-12-27(5)20-8-7-17-16(2)23(31)19(29)14-18(17)25(20,3)9-11-28(21,27)6/h14-15,20-21,24,29,31-32H,7-13H2,1-6H3/t15-,20-,21-,24-,25+,26-,27-,28+/m1/s1. The van der Waals surface area contributed by atoms with Crippen LogP contribution in [0.5, 0.6) is 11.5 Å². The van der Waals surface area contributed by atoms with Crippen molar-refractivity contribution in [2.24, 2.45) is 34.0 Å². The molecule has 8 atom stereocenters. The molecule has 32 heavy (non-hydrogen) atoms. The molecule has 0 aromatic heterocycles. The Hall–Kier alpha value is -1.55. The van der Waals surface area contributed by atoms with E-state index in [0.29, 0.717) is 11.8 Å². The molecule has 3 N–H and O–H groups in total. The molecular formula is C28H40O4. The lowest BCUT2D eigenvalue weighted by Crippen LogP contribution is -2.68. The zero-order valence-electron chi connectivity index (χ0n) is 20.6. The van der Waals surface area contributed by atoms with Crippen molar-refractivity contribution in [3.05, 3.63) is 22.8 Å². The van der Waals surface area contributed by atoms with Gasteiger partial charge in [0.1, 0.15) is 6.10 Å². The van der Waals surface area contributed by atoms with Crippen molar-refractivity contribution in [2.45, 2.75) is 98.0 Å². The van der Waals surface area contributed by atoms with E-state index in [1.807, 2.05) is 19.9 Å². The molecule has 0 amide bonds. The number of aliphatic hydroxyl groups excluding tert-OH is 1. The SMILES string of the molecule is Cc1c(O)c(O)cc2c1CC[C@@H]1[C@@]2(C)CC[C@@]2(C)[C@@H]3C[C@@H](C)C(=O)[C@@H](O)[C@]3(C)CC[C@]12C. The van der Waals surface area contributed by atoms with E-state index in [0.717, 1.165) is 50.5 Å². The zero-order chi connectivity index (χ0) is 23.4. The predicted molar refractivity (Wildman–Crippen MR) is 125 cm³/mol. The molecule has 4 aliphatic rings. The van der Waals surface area contributed by atoms with Crippen LogP contribution in [-0.4, -0.2) is 27.2 Å². The van der Waals surface area contributed by atoms with Gasteiger partial charge in [0.05, 0.1) is 0 Å². The molecule has 0 unspecified atom stereocenters. The number of hydrogen-bond donors (Lipinski definition) is 3. The van der Waals surface area contributed by atoms with Gasteiger partial charge in [-0.25, -0.2) is 0 Å². The number of benzene rings is 1. The molecule has 3 fully saturated rings. The molecule has 5 rings (SSSR count). The summed E-state index contributed by atoms with van der Waals surface area (Å²) in [5, 5.41) is 31.9. The van der Waals surface area contributed by atoms with Crippen LogP contribution in [0.2, 0.25) is 0 Å². The number of aromatic hydroxyl groups is 2. The van der Waals surface area contributed by atoms with Crippen molar-refractivity contribution in [1.29, 1.82) is 0 Å². The highest BCUT2D eigenvalue weighted by Crippen LogP contribution is 2.74. The van der Waals surface area contributed by atoms with Crippen molar-refractivity contribution < 1.29 is 20.1 Å². The van der Waals surface area contributed by atoms with Crippen LogP contribution in [0.3, 0.4) is 0 Å². The molecule has 0 aliphatic heterocycles. The van der Waals surface area contributed by atoms with Crippen LogP contribution in [0.15, 0.2) is 6.07 Å². The first-order chi connectivity index (χ1) is 14.8. The second-order valence-corrected chi connectivity index (χ2v) is 12.7. The molecule has 0 heterocycles. The van der Waals surface area contributed by atoms with Crippen LogP contribution < -0.4 is 0 Å². The largest absolute Gasteiger partial charge is 0.504 e. The second kappa shape index (κ2) is 6.52. The minimum Gasteiger partial charge on any atom is -0.504 e. The highest BCUT2D eigenvalue weighted by Gasteiger charge is 2.69. The van der Waals surface area contributed by atoms with Crippen molar-refractivity contribution >= 4 is 5.78 Å². The van der Waals surface area contributed by atoms with E-state index in [4.69, 9.17) is 0 Å². The Morgan fingerprint density at radius 1 is 0.969 bits per heavy atom. The van der Waals surface area contributed by atoms with E-state index in [2.05, 4.69) is 27.7 Å². The number of phenols is 2. The van der Waals surface area contributed by atoms with E-state index in [9.17, 15) is 20.1 Å². The van der Waals surface area contributed by atoms with Gasteiger partial charge in [0.15, 0.2) is 17.3 Å². The van der Waals surface area contributed by atoms with Gasteiger partial charge in [0.2, 0.25) is 0 Å². The maximum atomic E-state index is 12.7. The molecule has 1 aromatic rings. The Balaban J connectivity index is 1.62. The maximum Gasteiger partial charge on any atom is 0.164 e. The third-order valence-corrected chi connectivity index (χ3v) is 11.7. The topological polar surface area (TPSA) is 77.8 Å². The summed E-state index contributed by atoms with van der Waals surface area (Å²) in [4.78, 5) is 12.7. The third-order valence-electron chi connectivity index (χ3n) is 11.7. The van der Waals surface area contributed by atoms with Crippen LogP contribution in [0.4, 0.5) is 0 Å². The van der Waals surface area contributed by atoms with Gasteiger partial charge in [-0.1, -0.05) is 34.6 Å². The number of aliphatic hydroxyl groups is 1. The smallest absolute Gasteiger partial charge is 0.164 e. The highest BCUT2D eigenvalue weighted by atomic mass is 16.3. The minimum absolute atomic E-state index is 0.000530. The Bertz CT molecular complexity index is 1000. The average molecular weight is 441 g/mol. The number of hydrogen-bond acceptors (Lipinski definition) is 4. The lowest BCUT2D eigenvalue weighted by molar-refractivity contribution is -0.224. The maximum absolute atomic E-state index is 12.7. The Labute approximate surface area is 192 Å². The van der Waals surface area contributed by atoms with E-state index in [1.165, 1.54) is 11.1 Å². The molecule has 4 nitrogen and oxygen atoms in total. The van der Waals surface area contributed by atoms with Crippen LogP contribution in [0, 0.1) is 40.9 Å². The fraction of sp³-hybridized carbons (Fsp3) is 0.750. The van der Waals surface area contributed by atoms with Crippen LogP contribution in [-0.2, 0) is 16.6 Å². The highest BCUT2D eigenvalue weighted by molar-refractivity contribution is 5.86. The summed E-state index contributed by atoms with van der Waals surface area (Å²) in [5.41, 5.74) is 3.06. The van der Waals surface area contributed by atoms with Crippen molar-refractivity contribution in [1.82, 2.24) is 0 Å². The van der Waals surface area contributed by atoms with E-state index in [1.54, 1.807) is 0 Å². The van der Waals surface area contributed by atoms with Crippen molar-refractivity contribution in [2.75, 3.05) is 0 Å². The molecule has 1 aromatic carbocycles. The van der Waals surface area contributed by atoms with Crippen LogP contribution in [0.1, 0.15) is 89.8 Å². The number of carbonyl (C=O) groups is 1. The molecule has 176 valence electrons. The summed E-state index contributed by atoms with van der Waals surface area (Å²) in [6.07, 6.45) is 6.06. The Kier molecular flexibility index (Phi) is 4.54. The number of phenolic OH excluding ortho intramolecular Hbond substituents is 2. The first-order valence-corrected chi connectivity index (χ1v) is 12.6. The predicted octanol–water partition coefficient (Wildman–Crippen LogP) is 5.42. The number of fused-ring (bicyclic) bond motifs is 7. The van der Waals surface area contributed by atoms with Gasteiger partial charge in [-0.05, 0) is 103 Å². The van der Waals surface area contributed by atoms with Gasteiger partial charge in [-0.15, -0.1) is 0 Å². The zero-order valence-corrected chi connectivity index (χ0v) is 20.6. The van der Waals surface area contributed by atoms with Crippen molar-refractivity contribution in [3.8, 4) is 11.5 Å². The van der Waals surface area contributed by atoms with Crippen molar-refractivity contribution in [3.63, 3.8) is 0 Å². The number of ketones is 1. The number of rotatable bonds is 0. The summed E-state index contributed by atoms with van der Waals surface area (Å²) in [5.74, 6) is 0.789. The fourth-order valence-corrected chi connectivity index (χ4v) is 9.37. The summed E-state index contributed by atoms with van der Waals surface area (Å²) in [6, 6.07) is 1.84.